The van der Waals surface area contributed by atoms with Gasteiger partial charge in [0, 0.05) is 17.5 Å². The molecule has 0 spiro atoms. The molecule has 0 aliphatic rings. The van der Waals surface area contributed by atoms with E-state index in [1.807, 2.05) is 25.4 Å². The van der Waals surface area contributed by atoms with E-state index >= 15 is 0 Å². The van der Waals surface area contributed by atoms with Gasteiger partial charge in [0.25, 0.3) is 0 Å². The summed E-state index contributed by atoms with van der Waals surface area (Å²) in [6, 6.07) is 1.81. The highest BCUT2D eigenvalue weighted by Gasteiger charge is 2.20. The molecule has 0 radical (unpaired) electrons. The molecule has 0 aromatic carbocycles. The Kier molecular flexibility index (Phi) is 4.29. The van der Waals surface area contributed by atoms with Gasteiger partial charge in [-0.3, -0.25) is 16.0 Å². The van der Waals surface area contributed by atoms with Gasteiger partial charge in [-0.1, -0.05) is 23.2 Å². The number of halogens is 2. The lowest BCUT2D eigenvalue weighted by Gasteiger charge is -2.14. The number of thiophene rings is 1. The van der Waals surface area contributed by atoms with E-state index in [2.05, 4.69) is 10.5 Å². The fourth-order valence-electron chi connectivity index (χ4n) is 1.89. The van der Waals surface area contributed by atoms with Crippen LogP contribution in [0.2, 0.25) is 10.2 Å². The number of nitrogens with zero attached hydrogens (tertiary/aromatic N) is 2. The number of nitrogens with one attached hydrogen (secondary N) is 1. The van der Waals surface area contributed by atoms with E-state index in [0.29, 0.717) is 11.6 Å². The molecule has 0 aliphatic heterocycles. The third-order valence-electron chi connectivity index (χ3n) is 2.84. The Morgan fingerprint density at radius 3 is 2.72 bits per heavy atom. The maximum absolute atomic E-state index is 6.22. The summed E-state index contributed by atoms with van der Waals surface area (Å²) in [4.78, 5) is 1.01. The summed E-state index contributed by atoms with van der Waals surface area (Å²) in [5.41, 5.74) is 4.69. The highest BCUT2D eigenvalue weighted by atomic mass is 35.5. The molecule has 7 heteroatoms. The molecular formula is C11H14Cl2N4S. The third-order valence-corrected chi connectivity index (χ3v) is 4.79. The summed E-state index contributed by atoms with van der Waals surface area (Å²) >= 11 is 13.9. The van der Waals surface area contributed by atoms with Gasteiger partial charge in [0.05, 0.1) is 16.8 Å². The molecule has 2 rings (SSSR count). The number of rotatable bonds is 4. The third kappa shape index (κ3) is 2.55. The first-order valence-corrected chi connectivity index (χ1v) is 7.05. The van der Waals surface area contributed by atoms with Crippen molar-refractivity contribution in [1.29, 1.82) is 0 Å². The highest BCUT2D eigenvalue weighted by Crippen LogP contribution is 2.32. The van der Waals surface area contributed by atoms with Crippen molar-refractivity contribution >= 4 is 34.5 Å². The van der Waals surface area contributed by atoms with Gasteiger partial charge in [-0.15, -0.1) is 11.3 Å². The zero-order chi connectivity index (χ0) is 13.3. The standard InChI is InChI=1S/C11H14Cl2N4S/c1-6-7(11(13)17(2)16-6)5-9(15-14)10-8(12)3-4-18-10/h3-4,9,15H,5,14H2,1-2H3. The van der Waals surface area contributed by atoms with Crippen LogP contribution in [0.1, 0.15) is 22.2 Å². The van der Waals surface area contributed by atoms with Gasteiger partial charge in [0.15, 0.2) is 0 Å². The Morgan fingerprint density at radius 1 is 1.56 bits per heavy atom. The Bertz CT molecular complexity index is 549. The van der Waals surface area contributed by atoms with E-state index in [1.165, 1.54) is 0 Å². The molecular weight excluding hydrogens is 291 g/mol. The van der Waals surface area contributed by atoms with Crippen molar-refractivity contribution in [2.75, 3.05) is 0 Å². The molecule has 18 heavy (non-hydrogen) atoms. The van der Waals surface area contributed by atoms with Crippen LogP contribution in [0.3, 0.4) is 0 Å². The van der Waals surface area contributed by atoms with Gasteiger partial charge in [-0.05, 0) is 24.8 Å². The Labute approximate surface area is 120 Å². The molecule has 0 aliphatic carbocycles. The number of hydrogen-bond donors (Lipinski definition) is 2. The smallest absolute Gasteiger partial charge is 0.130 e. The molecule has 0 saturated carbocycles. The molecule has 2 heterocycles. The number of aryl methyl sites for hydroxylation is 2. The number of hydrazine groups is 1. The summed E-state index contributed by atoms with van der Waals surface area (Å²) in [5.74, 6) is 5.62. The van der Waals surface area contributed by atoms with Crippen molar-refractivity contribution in [1.82, 2.24) is 15.2 Å². The van der Waals surface area contributed by atoms with Gasteiger partial charge in [0.1, 0.15) is 5.15 Å². The van der Waals surface area contributed by atoms with Crippen molar-refractivity contribution < 1.29 is 0 Å². The minimum absolute atomic E-state index is 0.0575. The zero-order valence-electron chi connectivity index (χ0n) is 10.1. The van der Waals surface area contributed by atoms with Crippen LogP contribution in [0.4, 0.5) is 0 Å². The average molecular weight is 305 g/mol. The van der Waals surface area contributed by atoms with Crippen molar-refractivity contribution in [3.63, 3.8) is 0 Å². The monoisotopic (exact) mass is 304 g/mol. The number of hydrogen-bond acceptors (Lipinski definition) is 4. The van der Waals surface area contributed by atoms with E-state index in [1.54, 1.807) is 16.0 Å². The van der Waals surface area contributed by atoms with Gasteiger partial charge in [-0.2, -0.15) is 5.10 Å². The van der Waals surface area contributed by atoms with Gasteiger partial charge in [-0.25, -0.2) is 0 Å². The average Bonchev–Trinajstić information content (AvgIpc) is 2.84. The molecule has 0 fully saturated rings. The molecule has 4 nitrogen and oxygen atoms in total. The maximum atomic E-state index is 6.22. The van der Waals surface area contributed by atoms with E-state index in [4.69, 9.17) is 29.0 Å². The van der Waals surface area contributed by atoms with Crippen LogP contribution in [-0.4, -0.2) is 9.78 Å². The van der Waals surface area contributed by atoms with Crippen LogP contribution in [-0.2, 0) is 13.5 Å². The van der Waals surface area contributed by atoms with E-state index in [9.17, 15) is 0 Å². The number of aromatic nitrogens is 2. The van der Waals surface area contributed by atoms with Crippen molar-refractivity contribution in [3.8, 4) is 0 Å². The second-order valence-corrected chi connectivity index (χ2v) is 5.75. The molecule has 1 atom stereocenters. The first kappa shape index (κ1) is 13.8. The molecule has 98 valence electrons. The second kappa shape index (κ2) is 5.59. The summed E-state index contributed by atoms with van der Waals surface area (Å²) in [7, 11) is 1.82. The Hall–Kier alpha value is -0.590. The van der Waals surface area contributed by atoms with Crippen molar-refractivity contribution in [2.24, 2.45) is 12.9 Å². The van der Waals surface area contributed by atoms with E-state index < -0.39 is 0 Å². The normalized spacial score (nSPS) is 12.9. The summed E-state index contributed by atoms with van der Waals surface area (Å²) < 4.78 is 1.66. The first-order chi connectivity index (χ1) is 8.54. The lowest BCUT2D eigenvalue weighted by atomic mass is 10.1. The molecule has 2 aromatic heterocycles. The van der Waals surface area contributed by atoms with Crippen LogP contribution in [0.5, 0.6) is 0 Å². The van der Waals surface area contributed by atoms with E-state index in [0.717, 1.165) is 21.2 Å². The fraction of sp³-hybridized carbons (Fsp3) is 0.364. The lowest BCUT2D eigenvalue weighted by Crippen LogP contribution is -2.29. The summed E-state index contributed by atoms with van der Waals surface area (Å²) in [5, 5.41) is 7.59. The lowest BCUT2D eigenvalue weighted by molar-refractivity contribution is 0.559. The van der Waals surface area contributed by atoms with Gasteiger partial charge in [0.2, 0.25) is 0 Å². The topological polar surface area (TPSA) is 55.9 Å². The Balaban J connectivity index is 2.29. The quantitative estimate of drug-likeness (QED) is 0.674. The van der Waals surface area contributed by atoms with Gasteiger partial charge < -0.3 is 0 Å². The number of nitrogens with two attached hydrogens (primary N) is 1. The van der Waals surface area contributed by atoms with Crippen LogP contribution in [0.15, 0.2) is 11.4 Å². The first-order valence-electron chi connectivity index (χ1n) is 5.41. The molecule has 3 N–H and O–H groups in total. The molecule has 2 aromatic rings. The van der Waals surface area contributed by atoms with Crippen molar-refractivity contribution in [2.45, 2.75) is 19.4 Å². The largest absolute Gasteiger partial charge is 0.271 e. The van der Waals surface area contributed by atoms with Crippen LogP contribution in [0, 0.1) is 6.92 Å². The maximum Gasteiger partial charge on any atom is 0.130 e. The van der Waals surface area contributed by atoms with Crippen LogP contribution < -0.4 is 11.3 Å². The zero-order valence-corrected chi connectivity index (χ0v) is 12.4. The molecule has 0 saturated heterocycles. The minimum atomic E-state index is -0.0575. The molecule has 1 unspecified atom stereocenters. The van der Waals surface area contributed by atoms with Crippen LogP contribution in [0.25, 0.3) is 0 Å². The summed E-state index contributed by atoms with van der Waals surface area (Å²) in [6.45, 7) is 1.94. The van der Waals surface area contributed by atoms with Crippen LogP contribution >= 0.6 is 34.5 Å². The second-order valence-electron chi connectivity index (χ2n) is 4.03. The molecule has 0 amide bonds. The Morgan fingerprint density at radius 2 is 2.28 bits per heavy atom. The predicted molar refractivity (Wildman–Crippen MR) is 76.1 cm³/mol. The van der Waals surface area contributed by atoms with Crippen molar-refractivity contribution in [3.05, 3.63) is 37.8 Å². The van der Waals surface area contributed by atoms with Gasteiger partial charge >= 0.3 is 0 Å². The highest BCUT2D eigenvalue weighted by molar-refractivity contribution is 7.10. The fourth-order valence-corrected chi connectivity index (χ4v) is 3.39. The predicted octanol–water partition coefficient (Wildman–Crippen LogP) is 2.84. The summed E-state index contributed by atoms with van der Waals surface area (Å²) in [6.07, 6.45) is 0.662. The minimum Gasteiger partial charge on any atom is -0.271 e. The SMILES string of the molecule is Cc1nn(C)c(Cl)c1CC(NN)c1sccc1Cl. The van der Waals surface area contributed by atoms with E-state index in [-0.39, 0.29) is 6.04 Å². The molecule has 0 bridgehead atoms.